The molecule has 0 aliphatic heterocycles. The molecule has 7 nitrogen and oxygen atoms in total. The highest BCUT2D eigenvalue weighted by Crippen LogP contribution is 2.19. The van der Waals surface area contributed by atoms with Crippen LogP contribution in [0, 0.1) is 5.82 Å². The minimum atomic E-state index is -3.78. The molecule has 1 aromatic carbocycles. The quantitative estimate of drug-likeness (QED) is 0.751. The van der Waals surface area contributed by atoms with Gasteiger partial charge in [-0.15, -0.1) is 0 Å². The summed E-state index contributed by atoms with van der Waals surface area (Å²) in [6, 6.07) is 5.93. The Bertz CT molecular complexity index is 1000. The average molecular weight is 416 g/mol. The predicted octanol–water partition coefficient (Wildman–Crippen LogP) is 2.31. The van der Waals surface area contributed by atoms with Crippen molar-refractivity contribution >= 4 is 33.2 Å². The van der Waals surface area contributed by atoms with Crippen molar-refractivity contribution in [2.45, 2.75) is 25.3 Å². The van der Waals surface area contributed by atoms with Gasteiger partial charge in [-0.2, -0.15) is 4.31 Å². The van der Waals surface area contributed by atoms with Gasteiger partial charge in [0.1, 0.15) is 12.4 Å². The number of amides is 1. The van der Waals surface area contributed by atoms with E-state index in [2.05, 4.69) is 5.32 Å². The summed E-state index contributed by atoms with van der Waals surface area (Å²) in [6.45, 7) is 3.46. The van der Waals surface area contributed by atoms with E-state index in [1.54, 1.807) is 13.8 Å². The van der Waals surface area contributed by atoms with Crippen LogP contribution in [0.25, 0.3) is 0 Å². The number of benzene rings is 1. The normalized spacial score (nSPS) is 11.6. The maximum atomic E-state index is 13.7. The van der Waals surface area contributed by atoms with Crippen molar-refractivity contribution in [3.05, 3.63) is 57.7 Å². The largest absolute Gasteiger partial charge is 0.322 e. The van der Waals surface area contributed by atoms with Gasteiger partial charge in [0.15, 0.2) is 0 Å². The molecule has 0 aliphatic carbocycles. The summed E-state index contributed by atoms with van der Waals surface area (Å²) in [5.41, 5.74) is -0.692. The first-order chi connectivity index (χ1) is 12.7. The minimum Gasteiger partial charge on any atom is -0.322 e. The van der Waals surface area contributed by atoms with Crippen molar-refractivity contribution in [2.75, 3.05) is 18.4 Å². The molecule has 10 heteroatoms. The van der Waals surface area contributed by atoms with Crippen LogP contribution in [0.1, 0.15) is 13.8 Å². The topological polar surface area (TPSA) is 88.5 Å². The highest BCUT2D eigenvalue weighted by molar-refractivity contribution is 7.89. The number of nitrogens with zero attached hydrogens (tertiary/aromatic N) is 2. The highest BCUT2D eigenvalue weighted by atomic mass is 35.5. The molecule has 0 spiro atoms. The third-order valence-corrected chi connectivity index (χ3v) is 6.08. The van der Waals surface area contributed by atoms with Gasteiger partial charge in [0.25, 0.3) is 5.56 Å². The molecule has 0 aliphatic rings. The maximum Gasteiger partial charge on any atom is 0.251 e. The number of sulfonamides is 1. The van der Waals surface area contributed by atoms with Crippen molar-refractivity contribution < 1.29 is 17.6 Å². The summed E-state index contributed by atoms with van der Waals surface area (Å²) in [5, 5.41) is 2.54. The van der Waals surface area contributed by atoms with Gasteiger partial charge < -0.3 is 9.88 Å². The SMILES string of the molecule is CCN(CC)S(=O)(=O)c1ccc(=O)n(CC(=O)Nc2cc(Cl)ccc2F)c1. The second-order valence-electron chi connectivity index (χ2n) is 5.59. The maximum absolute atomic E-state index is 13.7. The van der Waals surface area contributed by atoms with Crippen LogP contribution in [-0.2, 0) is 21.4 Å². The summed E-state index contributed by atoms with van der Waals surface area (Å²) in [6.07, 6.45) is 1.10. The molecule has 2 rings (SSSR count). The Labute approximate surface area is 161 Å². The summed E-state index contributed by atoms with van der Waals surface area (Å²) >= 11 is 5.77. The zero-order chi connectivity index (χ0) is 20.2. The highest BCUT2D eigenvalue weighted by Gasteiger charge is 2.22. The number of hydrogen-bond donors (Lipinski definition) is 1. The van der Waals surface area contributed by atoms with Crippen LogP contribution in [0.15, 0.2) is 46.2 Å². The molecule has 1 amide bonds. The molecule has 1 heterocycles. The molecule has 0 fully saturated rings. The van der Waals surface area contributed by atoms with Crippen LogP contribution in [0.5, 0.6) is 0 Å². The fourth-order valence-corrected chi connectivity index (χ4v) is 4.09. The first-order valence-electron chi connectivity index (χ1n) is 8.14. The minimum absolute atomic E-state index is 0.104. The number of pyridine rings is 1. The Morgan fingerprint density at radius 3 is 2.52 bits per heavy atom. The lowest BCUT2D eigenvalue weighted by molar-refractivity contribution is -0.116. The number of aromatic nitrogens is 1. The van der Waals surface area contributed by atoms with E-state index in [-0.39, 0.29) is 28.7 Å². The number of anilines is 1. The zero-order valence-corrected chi connectivity index (χ0v) is 16.3. The summed E-state index contributed by atoms with van der Waals surface area (Å²) in [5.74, 6) is -1.38. The Balaban J connectivity index is 2.27. The third kappa shape index (κ3) is 4.94. The molecular formula is C17H19ClFN3O4S. The van der Waals surface area contributed by atoms with Gasteiger partial charge in [0.2, 0.25) is 15.9 Å². The van der Waals surface area contributed by atoms with Crippen molar-refractivity contribution in [2.24, 2.45) is 0 Å². The number of carbonyl (C=O) groups excluding carboxylic acids is 1. The van der Waals surface area contributed by atoms with E-state index in [4.69, 9.17) is 11.6 Å². The van der Waals surface area contributed by atoms with Crippen LogP contribution in [0.4, 0.5) is 10.1 Å². The van der Waals surface area contributed by atoms with Crippen LogP contribution in [-0.4, -0.2) is 36.3 Å². The molecule has 0 saturated carbocycles. The van der Waals surface area contributed by atoms with Gasteiger partial charge >= 0.3 is 0 Å². The fraction of sp³-hybridized carbons (Fsp3) is 0.294. The third-order valence-electron chi connectivity index (χ3n) is 3.82. The van der Waals surface area contributed by atoms with Crippen molar-refractivity contribution in [3.8, 4) is 0 Å². The molecule has 1 N–H and O–H groups in total. The molecule has 0 radical (unpaired) electrons. The number of rotatable bonds is 7. The van der Waals surface area contributed by atoms with Gasteiger partial charge in [-0.3, -0.25) is 9.59 Å². The summed E-state index contributed by atoms with van der Waals surface area (Å²) in [4.78, 5) is 24.1. The van der Waals surface area contributed by atoms with Crippen LogP contribution >= 0.6 is 11.6 Å². The zero-order valence-electron chi connectivity index (χ0n) is 14.8. The van der Waals surface area contributed by atoms with E-state index in [1.807, 2.05) is 0 Å². The number of nitrogens with one attached hydrogen (secondary N) is 1. The van der Waals surface area contributed by atoms with Crippen LogP contribution < -0.4 is 10.9 Å². The number of halogens is 2. The average Bonchev–Trinajstić information content (AvgIpc) is 2.60. The Hall–Kier alpha value is -2.23. The van der Waals surface area contributed by atoms with Gasteiger partial charge in [-0.05, 0) is 24.3 Å². The first kappa shape index (κ1) is 21.1. The standard InChI is InChI=1S/C17H19ClFN3O4S/c1-3-22(4-2)27(25,26)13-6-8-17(24)21(10-13)11-16(23)20-15-9-12(18)5-7-14(15)19/h5-10H,3-4,11H2,1-2H3,(H,20,23). The lowest BCUT2D eigenvalue weighted by atomic mass is 10.3. The van der Waals surface area contributed by atoms with E-state index in [9.17, 15) is 22.4 Å². The lowest BCUT2D eigenvalue weighted by Crippen LogP contribution is -2.33. The molecule has 1 aromatic heterocycles. The lowest BCUT2D eigenvalue weighted by Gasteiger charge is -2.19. The Morgan fingerprint density at radius 1 is 1.22 bits per heavy atom. The molecule has 2 aromatic rings. The van der Waals surface area contributed by atoms with Crippen LogP contribution in [0.3, 0.4) is 0 Å². The molecule has 0 atom stereocenters. The molecular weight excluding hydrogens is 397 g/mol. The van der Waals surface area contributed by atoms with Gasteiger partial charge in [-0.1, -0.05) is 25.4 Å². The van der Waals surface area contributed by atoms with Crippen LogP contribution in [0.2, 0.25) is 5.02 Å². The predicted molar refractivity (Wildman–Crippen MR) is 101 cm³/mol. The fourth-order valence-electron chi connectivity index (χ4n) is 2.44. The van der Waals surface area contributed by atoms with Crippen molar-refractivity contribution in [1.82, 2.24) is 8.87 Å². The first-order valence-corrected chi connectivity index (χ1v) is 9.96. The van der Waals surface area contributed by atoms with Crippen molar-refractivity contribution in [1.29, 1.82) is 0 Å². The number of hydrogen-bond acceptors (Lipinski definition) is 4. The smallest absolute Gasteiger partial charge is 0.251 e. The van der Waals surface area contributed by atoms with E-state index in [1.165, 1.54) is 22.5 Å². The molecule has 146 valence electrons. The van der Waals surface area contributed by atoms with Gasteiger partial charge in [-0.25, -0.2) is 12.8 Å². The van der Waals surface area contributed by atoms with Gasteiger partial charge in [0.05, 0.1) is 10.6 Å². The Morgan fingerprint density at radius 2 is 1.89 bits per heavy atom. The summed E-state index contributed by atoms with van der Waals surface area (Å²) in [7, 11) is -3.78. The monoisotopic (exact) mass is 415 g/mol. The second kappa shape index (κ2) is 8.64. The second-order valence-corrected chi connectivity index (χ2v) is 7.97. The van der Waals surface area contributed by atoms with Crippen molar-refractivity contribution in [3.63, 3.8) is 0 Å². The van der Waals surface area contributed by atoms with E-state index in [0.717, 1.165) is 22.9 Å². The summed E-state index contributed by atoms with van der Waals surface area (Å²) < 4.78 is 41.0. The molecule has 0 unspecified atom stereocenters. The van der Waals surface area contributed by atoms with Gasteiger partial charge in [0, 0.05) is 30.4 Å². The molecule has 0 bridgehead atoms. The van der Waals surface area contributed by atoms with E-state index >= 15 is 0 Å². The van der Waals surface area contributed by atoms with E-state index in [0.29, 0.717) is 0 Å². The Kier molecular flexibility index (Phi) is 6.74. The number of carbonyl (C=O) groups is 1. The van der Waals surface area contributed by atoms with E-state index < -0.39 is 33.9 Å². The molecule has 0 saturated heterocycles. The molecule has 27 heavy (non-hydrogen) atoms.